The first-order valence-electron chi connectivity index (χ1n) is 3.74. The van der Waals surface area contributed by atoms with Crippen molar-refractivity contribution >= 4 is 21.8 Å². The van der Waals surface area contributed by atoms with Crippen LogP contribution in [0.25, 0.3) is 0 Å². The fourth-order valence-electron chi connectivity index (χ4n) is 0.653. The van der Waals surface area contributed by atoms with Gasteiger partial charge in [-0.3, -0.25) is 14.3 Å². The molecule has 0 aliphatic heterocycles. The lowest BCUT2D eigenvalue weighted by Gasteiger charge is -2.09. The lowest BCUT2D eigenvalue weighted by atomic mass is 10.2. The molecular weight excluding hydrogens is 210 g/mol. The highest BCUT2D eigenvalue weighted by molar-refractivity contribution is 7.89. The van der Waals surface area contributed by atoms with Crippen molar-refractivity contribution in [1.82, 2.24) is 10.0 Å². The molecule has 1 atom stereocenters. The van der Waals surface area contributed by atoms with E-state index in [0.717, 1.165) is 6.26 Å². The summed E-state index contributed by atoms with van der Waals surface area (Å²) in [7, 11) is -2.23. The normalized spacial score (nSPS) is 13.1. The van der Waals surface area contributed by atoms with Crippen LogP contribution in [-0.2, 0) is 19.6 Å². The van der Waals surface area contributed by atoms with E-state index in [-0.39, 0.29) is 6.42 Å². The Hall–Kier alpha value is -1.15. The fourth-order valence-corrected chi connectivity index (χ4v) is 1.17. The fraction of sp³-hybridized carbons (Fsp3) is 0.667. The van der Waals surface area contributed by atoms with Crippen LogP contribution in [0.4, 0.5) is 0 Å². The summed E-state index contributed by atoms with van der Waals surface area (Å²) in [6.07, 6.45) is 0.579. The van der Waals surface area contributed by atoms with Gasteiger partial charge in [-0.1, -0.05) is 0 Å². The average Bonchev–Trinajstić information content (AvgIpc) is 2.00. The summed E-state index contributed by atoms with van der Waals surface area (Å²) in [5, 5.41) is 2.27. The van der Waals surface area contributed by atoms with E-state index in [1.165, 1.54) is 7.05 Å². The third-order valence-corrected chi connectivity index (χ3v) is 1.88. The minimum absolute atomic E-state index is 0.252. The Bertz CT molecular complexity index is 324. The number of amides is 2. The molecule has 0 radical (unpaired) electrons. The molecule has 0 spiro atoms. The van der Waals surface area contributed by atoms with Crippen LogP contribution in [0.2, 0.25) is 0 Å². The minimum atomic E-state index is -3.62. The molecule has 1 unspecified atom stereocenters. The van der Waals surface area contributed by atoms with Gasteiger partial charge in [0.2, 0.25) is 15.9 Å². The molecule has 0 aromatic carbocycles. The van der Waals surface area contributed by atoms with E-state index in [1.807, 2.05) is 0 Å². The van der Waals surface area contributed by atoms with E-state index in [0.29, 0.717) is 0 Å². The highest BCUT2D eigenvalue weighted by Crippen LogP contribution is 1.89. The molecule has 0 aliphatic rings. The largest absolute Gasteiger partial charge is 0.359 e. The number of rotatable bonds is 4. The quantitative estimate of drug-likeness (QED) is 0.488. The maximum atomic E-state index is 11.0. The number of nitrogens with one attached hydrogen (secondary N) is 2. The zero-order valence-electron chi connectivity index (χ0n) is 7.90. The summed E-state index contributed by atoms with van der Waals surface area (Å²) < 4.78 is 22.9. The van der Waals surface area contributed by atoms with Crippen LogP contribution in [0.5, 0.6) is 0 Å². The molecule has 2 amide bonds. The summed E-state index contributed by atoms with van der Waals surface area (Å²) in [4.78, 5) is 21.8. The van der Waals surface area contributed by atoms with Crippen molar-refractivity contribution in [1.29, 1.82) is 0 Å². The Kier molecular flexibility index (Phi) is 4.51. The minimum Gasteiger partial charge on any atom is -0.359 e. The molecule has 0 heterocycles. The molecule has 7 nitrogen and oxygen atoms in total. The van der Waals surface area contributed by atoms with Gasteiger partial charge in [-0.05, 0) is 0 Å². The van der Waals surface area contributed by atoms with Gasteiger partial charge in [-0.2, -0.15) is 0 Å². The van der Waals surface area contributed by atoms with Crippen LogP contribution in [0.15, 0.2) is 0 Å². The average molecular weight is 223 g/mol. The molecule has 82 valence electrons. The summed E-state index contributed by atoms with van der Waals surface area (Å²) >= 11 is 0. The molecule has 0 saturated heterocycles. The van der Waals surface area contributed by atoms with Crippen molar-refractivity contribution in [2.75, 3.05) is 13.3 Å². The van der Waals surface area contributed by atoms with Gasteiger partial charge >= 0.3 is 0 Å². The monoisotopic (exact) mass is 223 g/mol. The molecule has 0 aliphatic carbocycles. The number of carbonyl (C=O) groups excluding carboxylic acids is 2. The van der Waals surface area contributed by atoms with Crippen molar-refractivity contribution in [3.8, 4) is 0 Å². The van der Waals surface area contributed by atoms with Gasteiger partial charge < -0.3 is 11.1 Å². The molecule has 0 bridgehead atoms. The molecule has 0 rings (SSSR count). The van der Waals surface area contributed by atoms with Crippen molar-refractivity contribution < 1.29 is 18.0 Å². The number of hydrogen-bond acceptors (Lipinski definition) is 5. The Morgan fingerprint density at radius 1 is 1.43 bits per heavy atom. The van der Waals surface area contributed by atoms with Crippen molar-refractivity contribution in [3.05, 3.63) is 0 Å². The van der Waals surface area contributed by atoms with Crippen LogP contribution in [0, 0.1) is 0 Å². The van der Waals surface area contributed by atoms with E-state index >= 15 is 0 Å². The highest BCUT2D eigenvalue weighted by atomic mass is 32.2. The number of sulfonamides is 1. The van der Waals surface area contributed by atoms with Crippen LogP contribution >= 0.6 is 0 Å². The third kappa shape index (κ3) is 5.49. The zero-order chi connectivity index (χ0) is 11.4. The first-order chi connectivity index (χ1) is 6.26. The Labute approximate surface area is 82.1 Å². The summed E-state index contributed by atoms with van der Waals surface area (Å²) in [6.45, 7) is 0. The maximum Gasteiger partial charge on any atom is 0.250 e. The standard InChI is InChI=1S/C6H13N3O4S/c1-8-5(10)3-4(7)6(11)9-14(2,12)13/h4H,3,7H2,1-2H3,(H,8,10)(H,9,11). The van der Waals surface area contributed by atoms with Crippen molar-refractivity contribution in [2.45, 2.75) is 12.5 Å². The Morgan fingerprint density at radius 2 is 1.93 bits per heavy atom. The number of nitrogens with two attached hydrogens (primary N) is 1. The van der Waals surface area contributed by atoms with Gasteiger partial charge in [-0.25, -0.2) is 8.42 Å². The number of carbonyl (C=O) groups is 2. The first-order valence-corrected chi connectivity index (χ1v) is 5.63. The van der Waals surface area contributed by atoms with Crippen molar-refractivity contribution in [3.63, 3.8) is 0 Å². The molecule has 0 aromatic heterocycles. The molecule has 4 N–H and O–H groups in total. The second-order valence-electron chi connectivity index (χ2n) is 2.72. The molecule has 0 saturated carbocycles. The predicted molar refractivity (Wildman–Crippen MR) is 49.6 cm³/mol. The van der Waals surface area contributed by atoms with E-state index < -0.39 is 27.9 Å². The van der Waals surface area contributed by atoms with E-state index in [1.54, 1.807) is 4.72 Å². The van der Waals surface area contributed by atoms with E-state index in [2.05, 4.69) is 5.32 Å². The molecular formula is C6H13N3O4S. The van der Waals surface area contributed by atoms with Gasteiger partial charge in [0, 0.05) is 7.05 Å². The first kappa shape index (κ1) is 12.8. The second-order valence-corrected chi connectivity index (χ2v) is 4.47. The summed E-state index contributed by atoms with van der Waals surface area (Å²) in [5.74, 6) is -1.32. The molecule has 8 heteroatoms. The smallest absolute Gasteiger partial charge is 0.250 e. The maximum absolute atomic E-state index is 11.0. The van der Waals surface area contributed by atoms with Crippen LogP contribution in [0.3, 0.4) is 0 Å². The van der Waals surface area contributed by atoms with Crippen LogP contribution in [-0.4, -0.2) is 39.6 Å². The van der Waals surface area contributed by atoms with Gasteiger partial charge in [-0.15, -0.1) is 0 Å². The lowest BCUT2D eigenvalue weighted by Crippen LogP contribution is -2.45. The molecule has 0 fully saturated rings. The lowest BCUT2D eigenvalue weighted by molar-refractivity contribution is -0.126. The van der Waals surface area contributed by atoms with Crippen LogP contribution < -0.4 is 15.8 Å². The van der Waals surface area contributed by atoms with Gasteiger partial charge in [0.05, 0.1) is 18.7 Å². The SMILES string of the molecule is CNC(=O)CC(N)C(=O)NS(C)(=O)=O. The van der Waals surface area contributed by atoms with Gasteiger partial charge in [0.25, 0.3) is 5.91 Å². The zero-order valence-corrected chi connectivity index (χ0v) is 8.72. The van der Waals surface area contributed by atoms with Crippen molar-refractivity contribution in [2.24, 2.45) is 5.73 Å². The van der Waals surface area contributed by atoms with E-state index in [4.69, 9.17) is 5.73 Å². The predicted octanol–water partition coefficient (Wildman–Crippen LogP) is -2.47. The highest BCUT2D eigenvalue weighted by Gasteiger charge is 2.19. The van der Waals surface area contributed by atoms with Crippen LogP contribution in [0.1, 0.15) is 6.42 Å². The van der Waals surface area contributed by atoms with Gasteiger partial charge in [0.15, 0.2) is 0 Å². The van der Waals surface area contributed by atoms with Gasteiger partial charge in [0.1, 0.15) is 0 Å². The summed E-state index contributed by atoms with van der Waals surface area (Å²) in [6, 6.07) is -1.16. The molecule has 14 heavy (non-hydrogen) atoms. The topological polar surface area (TPSA) is 118 Å². The Balaban J connectivity index is 4.21. The molecule has 0 aromatic rings. The number of hydrogen-bond donors (Lipinski definition) is 3. The second kappa shape index (κ2) is 4.91. The summed E-state index contributed by atoms with van der Waals surface area (Å²) in [5.41, 5.74) is 5.26. The third-order valence-electron chi connectivity index (χ3n) is 1.31. The van der Waals surface area contributed by atoms with E-state index in [9.17, 15) is 18.0 Å². The Morgan fingerprint density at radius 3 is 2.29 bits per heavy atom.